The molecular formula is C16H26N2O3. The van der Waals surface area contributed by atoms with E-state index in [9.17, 15) is 9.90 Å². The van der Waals surface area contributed by atoms with E-state index in [-0.39, 0.29) is 5.91 Å². The van der Waals surface area contributed by atoms with E-state index in [0.717, 1.165) is 42.7 Å². The van der Waals surface area contributed by atoms with Crippen LogP contribution in [0.5, 0.6) is 0 Å². The molecule has 1 aromatic heterocycles. The van der Waals surface area contributed by atoms with Crippen molar-refractivity contribution in [1.29, 1.82) is 0 Å². The minimum atomic E-state index is -0.713. The topological polar surface area (TPSA) is 75.4 Å². The molecule has 118 valence electrons. The second-order valence-electron chi connectivity index (χ2n) is 6.22. The van der Waals surface area contributed by atoms with Crippen molar-refractivity contribution in [3.8, 4) is 0 Å². The number of nitrogens with one attached hydrogen (secondary N) is 1. The lowest BCUT2D eigenvalue weighted by Gasteiger charge is -2.26. The number of rotatable bonds is 5. The molecule has 2 rings (SSSR count). The Bertz CT molecular complexity index is 454. The molecule has 0 unspecified atom stereocenters. The summed E-state index contributed by atoms with van der Waals surface area (Å²) < 4.78 is 5.09. The molecule has 0 spiro atoms. The van der Waals surface area contributed by atoms with Crippen LogP contribution < -0.4 is 5.32 Å². The SMILES string of the molecule is Cc1noc(C)c1CCC(=O)NCC1(O)CCCCCC1. The van der Waals surface area contributed by atoms with Gasteiger partial charge in [0.25, 0.3) is 0 Å². The Labute approximate surface area is 126 Å². The molecule has 5 heteroatoms. The van der Waals surface area contributed by atoms with Crippen LogP contribution in [0.3, 0.4) is 0 Å². The van der Waals surface area contributed by atoms with Crippen LogP contribution in [-0.2, 0) is 11.2 Å². The smallest absolute Gasteiger partial charge is 0.220 e. The lowest BCUT2D eigenvalue weighted by Crippen LogP contribution is -2.42. The number of aliphatic hydroxyl groups is 1. The highest BCUT2D eigenvalue weighted by Crippen LogP contribution is 2.26. The molecule has 21 heavy (non-hydrogen) atoms. The van der Waals surface area contributed by atoms with E-state index in [1.807, 2.05) is 13.8 Å². The first-order valence-corrected chi connectivity index (χ1v) is 7.91. The van der Waals surface area contributed by atoms with Crippen molar-refractivity contribution in [1.82, 2.24) is 10.5 Å². The third-order valence-electron chi connectivity index (χ3n) is 4.43. The molecule has 0 bridgehead atoms. The van der Waals surface area contributed by atoms with Crippen LogP contribution in [-0.4, -0.2) is 28.3 Å². The van der Waals surface area contributed by atoms with E-state index < -0.39 is 5.60 Å². The molecule has 0 radical (unpaired) electrons. The number of aromatic nitrogens is 1. The van der Waals surface area contributed by atoms with Gasteiger partial charge in [0.05, 0.1) is 11.3 Å². The van der Waals surface area contributed by atoms with Gasteiger partial charge in [0, 0.05) is 18.5 Å². The summed E-state index contributed by atoms with van der Waals surface area (Å²) >= 11 is 0. The number of nitrogens with zero attached hydrogens (tertiary/aromatic N) is 1. The maximum Gasteiger partial charge on any atom is 0.220 e. The second kappa shape index (κ2) is 7.07. The highest BCUT2D eigenvalue weighted by molar-refractivity contribution is 5.76. The zero-order chi connectivity index (χ0) is 15.3. The van der Waals surface area contributed by atoms with Crippen molar-refractivity contribution in [3.05, 3.63) is 17.0 Å². The highest BCUT2D eigenvalue weighted by atomic mass is 16.5. The summed E-state index contributed by atoms with van der Waals surface area (Å²) in [6, 6.07) is 0. The van der Waals surface area contributed by atoms with Crippen molar-refractivity contribution in [3.63, 3.8) is 0 Å². The van der Waals surface area contributed by atoms with Crippen molar-refractivity contribution in [2.24, 2.45) is 0 Å². The fraction of sp³-hybridized carbons (Fsp3) is 0.750. The molecule has 1 amide bonds. The maximum absolute atomic E-state index is 12.0. The van der Waals surface area contributed by atoms with Gasteiger partial charge in [0.2, 0.25) is 5.91 Å². The molecule has 0 saturated heterocycles. The molecule has 1 heterocycles. The number of carbonyl (C=O) groups is 1. The molecule has 0 aliphatic heterocycles. The number of hydrogen-bond donors (Lipinski definition) is 2. The van der Waals surface area contributed by atoms with Crippen LogP contribution in [0, 0.1) is 13.8 Å². The summed E-state index contributed by atoms with van der Waals surface area (Å²) in [7, 11) is 0. The summed E-state index contributed by atoms with van der Waals surface area (Å²) in [5.74, 6) is 0.760. The summed E-state index contributed by atoms with van der Waals surface area (Å²) in [5.41, 5.74) is 1.15. The van der Waals surface area contributed by atoms with Crippen LogP contribution in [0.1, 0.15) is 62.0 Å². The first kappa shape index (κ1) is 16.0. The standard InChI is InChI=1S/C16H26N2O3/c1-12-14(13(2)21-18-12)7-8-15(19)17-11-16(20)9-5-3-4-6-10-16/h20H,3-11H2,1-2H3,(H,17,19). The van der Waals surface area contributed by atoms with E-state index in [4.69, 9.17) is 4.52 Å². The van der Waals surface area contributed by atoms with Gasteiger partial charge in [0.15, 0.2) is 0 Å². The van der Waals surface area contributed by atoms with Gasteiger partial charge in [-0.25, -0.2) is 0 Å². The lowest BCUT2D eigenvalue weighted by atomic mass is 9.94. The summed E-state index contributed by atoms with van der Waals surface area (Å²) in [6.45, 7) is 4.12. The monoisotopic (exact) mass is 294 g/mol. The fourth-order valence-electron chi connectivity index (χ4n) is 3.01. The molecule has 1 fully saturated rings. The van der Waals surface area contributed by atoms with Crippen molar-refractivity contribution in [2.45, 2.75) is 70.8 Å². The van der Waals surface area contributed by atoms with Gasteiger partial charge in [-0.1, -0.05) is 30.8 Å². The first-order chi connectivity index (χ1) is 10.0. The molecular weight excluding hydrogens is 268 g/mol. The zero-order valence-electron chi connectivity index (χ0n) is 13.1. The second-order valence-corrected chi connectivity index (χ2v) is 6.22. The van der Waals surface area contributed by atoms with Gasteiger partial charge >= 0.3 is 0 Å². The van der Waals surface area contributed by atoms with Gasteiger partial charge in [-0.05, 0) is 33.1 Å². The summed E-state index contributed by atoms with van der Waals surface area (Å²) in [4.78, 5) is 12.0. The van der Waals surface area contributed by atoms with Crippen LogP contribution >= 0.6 is 0 Å². The number of amides is 1. The van der Waals surface area contributed by atoms with E-state index >= 15 is 0 Å². The van der Waals surface area contributed by atoms with Gasteiger partial charge in [-0.2, -0.15) is 0 Å². The predicted octanol–water partition coefficient (Wildman–Crippen LogP) is 2.43. The minimum Gasteiger partial charge on any atom is -0.388 e. The molecule has 0 atom stereocenters. The number of aryl methyl sites for hydroxylation is 2. The Morgan fingerprint density at radius 3 is 2.52 bits per heavy atom. The molecule has 1 saturated carbocycles. The maximum atomic E-state index is 12.0. The van der Waals surface area contributed by atoms with E-state index in [1.54, 1.807) is 0 Å². The van der Waals surface area contributed by atoms with Gasteiger partial charge in [0.1, 0.15) is 5.76 Å². The van der Waals surface area contributed by atoms with Crippen LogP contribution in [0.4, 0.5) is 0 Å². The average molecular weight is 294 g/mol. The zero-order valence-corrected chi connectivity index (χ0v) is 13.1. The summed E-state index contributed by atoms with van der Waals surface area (Å²) in [5, 5.41) is 17.3. The van der Waals surface area contributed by atoms with Crippen molar-refractivity contribution in [2.75, 3.05) is 6.54 Å². The highest BCUT2D eigenvalue weighted by Gasteiger charge is 2.28. The Kier molecular flexibility index (Phi) is 5.39. The largest absolute Gasteiger partial charge is 0.388 e. The molecule has 1 aliphatic carbocycles. The van der Waals surface area contributed by atoms with E-state index in [1.165, 1.54) is 12.8 Å². The molecule has 0 aromatic carbocycles. The lowest BCUT2D eigenvalue weighted by molar-refractivity contribution is -0.122. The number of hydrogen-bond acceptors (Lipinski definition) is 4. The van der Waals surface area contributed by atoms with Crippen molar-refractivity contribution >= 4 is 5.91 Å². The van der Waals surface area contributed by atoms with Gasteiger partial charge in [-0.3, -0.25) is 4.79 Å². The third-order valence-corrected chi connectivity index (χ3v) is 4.43. The van der Waals surface area contributed by atoms with Crippen LogP contribution in [0.25, 0.3) is 0 Å². The Hall–Kier alpha value is -1.36. The van der Waals surface area contributed by atoms with Gasteiger partial charge < -0.3 is 14.9 Å². The molecule has 1 aromatic rings. The fourth-order valence-corrected chi connectivity index (χ4v) is 3.01. The van der Waals surface area contributed by atoms with E-state index in [2.05, 4.69) is 10.5 Å². The Balaban J connectivity index is 1.77. The molecule has 5 nitrogen and oxygen atoms in total. The summed E-state index contributed by atoms with van der Waals surface area (Å²) in [6.07, 6.45) is 7.07. The molecule has 2 N–H and O–H groups in total. The van der Waals surface area contributed by atoms with Crippen molar-refractivity contribution < 1.29 is 14.4 Å². The van der Waals surface area contributed by atoms with Gasteiger partial charge in [-0.15, -0.1) is 0 Å². The molecule has 1 aliphatic rings. The quantitative estimate of drug-likeness (QED) is 0.818. The third kappa shape index (κ3) is 4.56. The Morgan fingerprint density at radius 1 is 1.29 bits per heavy atom. The number of carbonyl (C=O) groups excluding carboxylic acids is 1. The predicted molar refractivity (Wildman–Crippen MR) is 80.0 cm³/mol. The minimum absolute atomic E-state index is 0.0207. The normalized spacial score (nSPS) is 18.2. The average Bonchev–Trinajstić information content (AvgIpc) is 2.65. The Morgan fingerprint density at radius 2 is 1.95 bits per heavy atom. The first-order valence-electron chi connectivity index (χ1n) is 7.91. The van der Waals surface area contributed by atoms with E-state index in [0.29, 0.717) is 19.4 Å². The van der Waals surface area contributed by atoms with Crippen LogP contribution in [0.2, 0.25) is 0 Å². The van der Waals surface area contributed by atoms with Crippen LogP contribution in [0.15, 0.2) is 4.52 Å².